The largest absolute Gasteiger partial charge is 0.316 e. The first kappa shape index (κ1) is 16.1. The van der Waals surface area contributed by atoms with Crippen LogP contribution in [0.5, 0.6) is 0 Å². The first-order chi connectivity index (χ1) is 10.9. The number of thiol groups is 1. The second kappa shape index (κ2) is 6.02. The molecule has 0 bridgehead atoms. The van der Waals surface area contributed by atoms with E-state index in [0.29, 0.717) is 12.2 Å². The molecule has 0 radical (unpaired) electrons. The molecule has 1 N–H and O–H groups in total. The number of hydrogen-bond acceptors (Lipinski definition) is 5. The highest BCUT2D eigenvalue weighted by Gasteiger charge is 2.23. The maximum atomic E-state index is 5.96. The van der Waals surface area contributed by atoms with Gasteiger partial charge in [0.15, 0.2) is 11.5 Å². The van der Waals surface area contributed by atoms with Crippen LogP contribution in [0.1, 0.15) is 32.0 Å². The van der Waals surface area contributed by atoms with Crippen LogP contribution < -0.4 is 4.72 Å². The molecule has 0 aliphatic carbocycles. The van der Waals surface area contributed by atoms with E-state index in [-0.39, 0.29) is 5.54 Å². The van der Waals surface area contributed by atoms with Crippen molar-refractivity contribution in [2.24, 2.45) is 0 Å². The van der Waals surface area contributed by atoms with Gasteiger partial charge in [-0.05, 0) is 38.5 Å². The summed E-state index contributed by atoms with van der Waals surface area (Å²) in [7, 11) is 0. The number of nitrogens with zero attached hydrogens (tertiary/aromatic N) is 4. The lowest BCUT2D eigenvalue weighted by Gasteiger charge is -2.19. The Labute approximate surface area is 145 Å². The van der Waals surface area contributed by atoms with Gasteiger partial charge in [-0.1, -0.05) is 36.5 Å². The summed E-state index contributed by atoms with van der Waals surface area (Å²) < 4.78 is 4.77. The molecule has 3 rings (SSSR count). The minimum Gasteiger partial charge on any atom is -0.316 e. The fourth-order valence-corrected chi connectivity index (χ4v) is 2.79. The molecule has 2 heterocycles. The van der Waals surface area contributed by atoms with Crippen LogP contribution >= 0.6 is 24.4 Å². The Balaban J connectivity index is 2.17. The van der Waals surface area contributed by atoms with Gasteiger partial charge in [-0.25, -0.2) is 14.6 Å². The van der Waals surface area contributed by atoms with Crippen LogP contribution in [0, 0.1) is 0 Å². The normalized spacial score (nSPS) is 11.9. The number of rotatable bonds is 3. The van der Waals surface area contributed by atoms with Crippen molar-refractivity contribution >= 4 is 41.3 Å². The van der Waals surface area contributed by atoms with Crippen LogP contribution in [-0.2, 0) is 12.0 Å². The zero-order valence-electron chi connectivity index (χ0n) is 13.2. The molecule has 23 heavy (non-hydrogen) atoms. The highest BCUT2D eigenvalue weighted by atomic mass is 35.5. The Kier molecular flexibility index (Phi) is 4.21. The molecule has 0 saturated carbocycles. The summed E-state index contributed by atoms with van der Waals surface area (Å²) in [6.07, 6.45) is 2.20. The predicted molar refractivity (Wildman–Crippen MR) is 97.2 cm³/mol. The maximum Gasteiger partial charge on any atom is 0.164 e. The molecule has 2 aromatic heterocycles. The molecule has 0 aliphatic heterocycles. The SMILES string of the molecule is CC(C)(C)n1nc(Cc2ccc(Cl)cc2)c2c(NS)ncnc21. The van der Waals surface area contributed by atoms with E-state index in [1.54, 1.807) is 0 Å². The van der Waals surface area contributed by atoms with Gasteiger partial charge in [0.25, 0.3) is 0 Å². The monoisotopic (exact) mass is 347 g/mol. The van der Waals surface area contributed by atoms with E-state index < -0.39 is 0 Å². The predicted octanol–water partition coefficient (Wildman–Crippen LogP) is 4.08. The zero-order valence-corrected chi connectivity index (χ0v) is 14.9. The van der Waals surface area contributed by atoms with Gasteiger partial charge in [0.1, 0.15) is 6.33 Å². The molecule has 0 atom stereocenters. The maximum absolute atomic E-state index is 5.96. The van der Waals surface area contributed by atoms with Crippen molar-refractivity contribution < 1.29 is 0 Å². The lowest BCUT2D eigenvalue weighted by atomic mass is 10.1. The number of hydrogen-bond donors (Lipinski definition) is 2. The summed E-state index contributed by atoms with van der Waals surface area (Å²) in [6, 6.07) is 7.77. The van der Waals surface area contributed by atoms with Gasteiger partial charge in [-0.3, -0.25) is 0 Å². The van der Waals surface area contributed by atoms with Gasteiger partial charge >= 0.3 is 0 Å². The highest BCUT2D eigenvalue weighted by Crippen LogP contribution is 2.29. The summed E-state index contributed by atoms with van der Waals surface area (Å²) in [5, 5.41) is 6.41. The van der Waals surface area contributed by atoms with E-state index in [4.69, 9.17) is 16.7 Å². The van der Waals surface area contributed by atoms with Gasteiger partial charge in [0.2, 0.25) is 0 Å². The van der Waals surface area contributed by atoms with Gasteiger partial charge in [0.05, 0.1) is 16.6 Å². The van der Waals surface area contributed by atoms with Crippen molar-refractivity contribution in [1.82, 2.24) is 19.7 Å². The Morgan fingerprint density at radius 2 is 1.87 bits per heavy atom. The van der Waals surface area contributed by atoms with Gasteiger partial charge in [-0.15, -0.1) is 0 Å². The third-order valence-electron chi connectivity index (χ3n) is 3.56. The van der Waals surface area contributed by atoms with Gasteiger partial charge < -0.3 is 4.72 Å². The second-order valence-corrected chi connectivity index (χ2v) is 7.03. The first-order valence-corrected chi connectivity index (χ1v) is 8.10. The average Bonchev–Trinajstić information content (AvgIpc) is 2.88. The molecule has 7 heteroatoms. The molecule has 3 aromatic rings. The number of anilines is 1. The molecule has 0 aliphatic rings. The number of nitrogens with one attached hydrogen (secondary N) is 1. The van der Waals surface area contributed by atoms with E-state index in [2.05, 4.69) is 48.3 Å². The minimum atomic E-state index is -0.182. The van der Waals surface area contributed by atoms with E-state index in [1.807, 2.05) is 28.9 Å². The zero-order chi connectivity index (χ0) is 16.6. The molecule has 0 fully saturated rings. The van der Waals surface area contributed by atoms with Gasteiger partial charge in [0, 0.05) is 11.4 Å². The number of benzene rings is 1. The van der Waals surface area contributed by atoms with Crippen LogP contribution in [0.15, 0.2) is 30.6 Å². The Bertz CT molecular complexity index is 836. The lowest BCUT2D eigenvalue weighted by Crippen LogP contribution is -2.23. The van der Waals surface area contributed by atoms with Crippen molar-refractivity contribution in [3.05, 3.63) is 46.9 Å². The Morgan fingerprint density at radius 3 is 2.48 bits per heavy atom. The fraction of sp³-hybridized carbons (Fsp3) is 0.312. The van der Waals surface area contributed by atoms with Crippen molar-refractivity contribution in [3.8, 4) is 0 Å². The van der Waals surface area contributed by atoms with Crippen molar-refractivity contribution in [2.45, 2.75) is 32.7 Å². The molecular weight excluding hydrogens is 330 g/mol. The summed E-state index contributed by atoms with van der Waals surface area (Å²) in [6.45, 7) is 6.30. The number of halogens is 1. The third-order valence-corrected chi connectivity index (χ3v) is 4.03. The Morgan fingerprint density at radius 1 is 1.17 bits per heavy atom. The standard InChI is InChI=1S/C16H18ClN5S/c1-16(2,3)22-15-13(14(21-23)18-9-19-15)12(20-22)8-10-4-6-11(17)7-5-10/h4-7,9,23H,8H2,1-3H3,(H,18,19,21). The minimum absolute atomic E-state index is 0.182. The molecule has 120 valence electrons. The summed E-state index contributed by atoms with van der Waals surface area (Å²) in [5.74, 6) is 0.665. The van der Waals surface area contributed by atoms with Crippen LogP contribution in [0.4, 0.5) is 5.82 Å². The molecule has 0 saturated heterocycles. The average molecular weight is 348 g/mol. The molecule has 0 amide bonds. The van der Waals surface area contributed by atoms with Crippen LogP contribution in [0.2, 0.25) is 5.02 Å². The highest BCUT2D eigenvalue weighted by molar-refractivity contribution is 7.81. The smallest absolute Gasteiger partial charge is 0.164 e. The quantitative estimate of drug-likeness (QED) is 0.701. The van der Waals surface area contributed by atoms with Crippen molar-refractivity contribution in [1.29, 1.82) is 0 Å². The first-order valence-electron chi connectivity index (χ1n) is 7.28. The van der Waals surface area contributed by atoms with Crippen molar-refractivity contribution in [2.75, 3.05) is 4.72 Å². The summed E-state index contributed by atoms with van der Waals surface area (Å²) in [4.78, 5) is 8.69. The van der Waals surface area contributed by atoms with E-state index in [1.165, 1.54) is 6.33 Å². The molecule has 5 nitrogen and oxygen atoms in total. The molecular formula is C16H18ClN5S. The lowest BCUT2D eigenvalue weighted by molar-refractivity contribution is 0.363. The molecule has 0 spiro atoms. The summed E-state index contributed by atoms with van der Waals surface area (Å²) in [5.41, 5.74) is 2.66. The van der Waals surface area contributed by atoms with E-state index >= 15 is 0 Å². The van der Waals surface area contributed by atoms with Gasteiger partial charge in [-0.2, -0.15) is 5.10 Å². The third kappa shape index (κ3) is 3.14. The van der Waals surface area contributed by atoms with E-state index in [0.717, 1.165) is 27.3 Å². The second-order valence-electron chi connectivity index (χ2n) is 6.37. The Hall–Kier alpha value is -1.79. The fourth-order valence-electron chi connectivity index (χ4n) is 2.49. The number of fused-ring (bicyclic) bond motifs is 1. The van der Waals surface area contributed by atoms with E-state index in [9.17, 15) is 0 Å². The molecule has 1 aromatic carbocycles. The van der Waals surface area contributed by atoms with Crippen LogP contribution in [0.3, 0.4) is 0 Å². The van der Waals surface area contributed by atoms with Crippen LogP contribution in [-0.4, -0.2) is 19.7 Å². The summed E-state index contributed by atoms with van der Waals surface area (Å²) >= 11 is 10.1. The van der Waals surface area contributed by atoms with Crippen molar-refractivity contribution in [3.63, 3.8) is 0 Å². The van der Waals surface area contributed by atoms with Crippen LogP contribution in [0.25, 0.3) is 11.0 Å². The molecule has 0 unspecified atom stereocenters. The number of aromatic nitrogens is 4. The topological polar surface area (TPSA) is 55.6 Å².